The quantitative estimate of drug-likeness (QED) is 0.846. The summed E-state index contributed by atoms with van der Waals surface area (Å²) in [5.74, 6) is 1.35. The molecule has 86 valence electrons. The number of aryl methyl sites for hydroxylation is 1. The molecule has 1 heterocycles. The van der Waals surface area contributed by atoms with Crippen molar-refractivity contribution in [1.29, 1.82) is 5.26 Å². The molecular weight excluding hydrogens is 200 g/mol. The van der Waals surface area contributed by atoms with Gasteiger partial charge in [-0.15, -0.1) is 0 Å². The maximum absolute atomic E-state index is 8.77. The van der Waals surface area contributed by atoms with E-state index in [0.29, 0.717) is 16.9 Å². The lowest BCUT2D eigenvalue weighted by Gasteiger charge is -2.18. The van der Waals surface area contributed by atoms with Crippen LogP contribution in [0.4, 0.5) is 5.82 Å². The van der Waals surface area contributed by atoms with Crippen LogP contribution in [-0.2, 0) is 0 Å². The standard InChI is InChI=1S/C12H18N4/c1-9-15-10(8-13)7-11(16-9)14-6-5-12(2,3)4/h7H,5-6H2,1-4H3,(H,14,15,16). The van der Waals surface area contributed by atoms with E-state index in [9.17, 15) is 0 Å². The Balaban J connectivity index is 2.61. The average molecular weight is 218 g/mol. The highest BCUT2D eigenvalue weighted by Crippen LogP contribution is 2.18. The molecule has 16 heavy (non-hydrogen) atoms. The van der Waals surface area contributed by atoms with E-state index >= 15 is 0 Å². The molecule has 0 amide bonds. The van der Waals surface area contributed by atoms with Gasteiger partial charge in [-0.3, -0.25) is 0 Å². The van der Waals surface area contributed by atoms with Gasteiger partial charge in [0.05, 0.1) is 0 Å². The second-order valence-corrected chi connectivity index (χ2v) is 5.03. The third-order valence-corrected chi connectivity index (χ3v) is 2.13. The number of rotatable bonds is 3. The van der Waals surface area contributed by atoms with Crippen LogP contribution in [0.3, 0.4) is 0 Å². The smallest absolute Gasteiger partial charge is 0.146 e. The van der Waals surface area contributed by atoms with Crippen molar-refractivity contribution in [2.24, 2.45) is 5.41 Å². The number of nitriles is 1. The van der Waals surface area contributed by atoms with E-state index in [4.69, 9.17) is 5.26 Å². The zero-order valence-corrected chi connectivity index (χ0v) is 10.3. The fourth-order valence-corrected chi connectivity index (χ4v) is 1.28. The zero-order valence-electron chi connectivity index (χ0n) is 10.3. The molecule has 0 radical (unpaired) electrons. The fraction of sp³-hybridized carbons (Fsp3) is 0.583. The molecule has 0 aliphatic heterocycles. The molecule has 0 fully saturated rings. The van der Waals surface area contributed by atoms with Gasteiger partial charge in [0.25, 0.3) is 0 Å². The Labute approximate surface area is 96.7 Å². The molecule has 0 aliphatic carbocycles. The van der Waals surface area contributed by atoms with Crippen molar-refractivity contribution in [2.75, 3.05) is 11.9 Å². The summed E-state index contributed by atoms with van der Waals surface area (Å²) in [6.07, 6.45) is 1.05. The molecule has 0 unspecified atom stereocenters. The van der Waals surface area contributed by atoms with Gasteiger partial charge in [-0.05, 0) is 18.8 Å². The Kier molecular flexibility index (Phi) is 3.83. The molecule has 1 N–H and O–H groups in total. The van der Waals surface area contributed by atoms with E-state index in [1.54, 1.807) is 13.0 Å². The first-order chi connectivity index (χ1) is 7.40. The largest absolute Gasteiger partial charge is 0.370 e. The van der Waals surface area contributed by atoms with Crippen molar-refractivity contribution < 1.29 is 0 Å². The van der Waals surface area contributed by atoms with Gasteiger partial charge in [0, 0.05) is 12.6 Å². The van der Waals surface area contributed by atoms with E-state index in [2.05, 4.69) is 36.1 Å². The molecular formula is C12H18N4. The van der Waals surface area contributed by atoms with Gasteiger partial charge in [0.15, 0.2) is 0 Å². The Bertz CT molecular complexity index is 398. The number of anilines is 1. The van der Waals surface area contributed by atoms with Gasteiger partial charge < -0.3 is 5.32 Å². The lowest BCUT2D eigenvalue weighted by molar-refractivity contribution is 0.389. The topological polar surface area (TPSA) is 61.6 Å². The summed E-state index contributed by atoms with van der Waals surface area (Å²) in [5.41, 5.74) is 0.707. The van der Waals surface area contributed by atoms with Crippen LogP contribution in [0.5, 0.6) is 0 Å². The highest BCUT2D eigenvalue weighted by molar-refractivity contribution is 5.39. The number of hydrogen-bond donors (Lipinski definition) is 1. The van der Waals surface area contributed by atoms with Crippen molar-refractivity contribution in [3.05, 3.63) is 17.6 Å². The monoisotopic (exact) mass is 218 g/mol. The minimum atomic E-state index is 0.299. The summed E-state index contributed by atoms with van der Waals surface area (Å²) in [5, 5.41) is 12.0. The summed E-state index contributed by atoms with van der Waals surface area (Å²) in [4.78, 5) is 8.22. The van der Waals surface area contributed by atoms with E-state index in [0.717, 1.165) is 18.8 Å². The molecule has 4 nitrogen and oxygen atoms in total. The molecule has 0 atom stereocenters. The first-order valence-electron chi connectivity index (χ1n) is 5.40. The Morgan fingerprint density at radius 1 is 1.38 bits per heavy atom. The predicted molar refractivity (Wildman–Crippen MR) is 64.0 cm³/mol. The minimum absolute atomic E-state index is 0.299. The minimum Gasteiger partial charge on any atom is -0.370 e. The lowest BCUT2D eigenvalue weighted by atomic mass is 9.92. The van der Waals surface area contributed by atoms with Gasteiger partial charge in [-0.1, -0.05) is 20.8 Å². The molecule has 0 saturated heterocycles. The van der Waals surface area contributed by atoms with Crippen LogP contribution >= 0.6 is 0 Å². The molecule has 0 aromatic carbocycles. The molecule has 1 rings (SSSR count). The number of aromatic nitrogens is 2. The molecule has 4 heteroatoms. The first-order valence-corrected chi connectivity index (χ1v) is 5.40. The van der Waals surface area contributed by atoms with Crippen LogP contribution in [0.15, 0.2) is 6.07 Å². The van der Waals surface area contributed by atoms with E-state index in [1.165, 1.54) is 0 Å². The van der Waals surface area contributed by atoms with Crippen LogP contribution in [0, 0.1) is 23.7 Å². The fourth-order valence-electron chi connectivity index (χ4n) is 1.28. The average Bonchev–Trinajstić information content (AvgIpc) is 2.14. The van der Waals surface area contributed by atoms with Crippen molar-refractivity contribution in [1.82, 2.24) is 9.97 Å². The molecule has 1 aromatic rings. The summed E-state index contributed by atoms with van der Waals surface area (Å²) in [7, 11) is 0. The van der Waals surface area contributed by atoms with E-state index < -0.39 is 0 Å². The molecule has 0 bridgehead atoms. The number of nitrogens with one attached hydrogen (secondary N) is 1. The summed E-state index contributed by atoms with van der Waals surface area (Å²) in [6, 6.07) is 3.70. The maximum atomic E-state index is 8.77. The lowest BCUT2D eigenvalue weighted by Crippen LogP contribution is -2.14. The summed E-state index contributed by atoms with van der Waals surface area (Å²) in [6.45, 7) is 9.22. The van der Waals surface area contributed by atoms with E-state index in [-0.39, 0.29) is 0 Å². The first kappa shape index (κ1) is 12.4. The molecule has 0 aliphatic rings. The predicted octanol–water partition coefficient (Wildman–Crippen LogP) is 2.50. The Morgan fingerprint density at radius 3 is 2.62 bits per heavy atom. The van der Waals surface area contributed by atoms with Gasteiger partial charge in [0.2, 0.25) is 0 Å². The highest BCUT2D eigenvalue weighted by Gasteiger charge is 2.09. The second kappa shape index (κ2) is 4.93. The number of hydrogen-bond acceptors (Lipinski definition) is 4. The Hall–Kier alpha value is -1.63. The summed E-state index contributed by atoms with van der Waals surface area (Å²) < 4.78 is 0. The van der Waals surface area contributed by atoms with Gasteiger partial charge in [-0.25, -0.2) is 9.97 Å². The van der Waals surface area contributed by atoms with Crippen LogP contribution < -0.4 is 5.32 Å². The second-order valence-electron chi connectivity index (χ2n) is 5.03. The van der Waals surface area contributed by atoms with Crippen LogP contribution in [0.2, 0.25) is 0 Å². The van der Waals surface area contributed by atoms with Crippen molar-refractivity contribution >= 4 is 5.82 Å². The van der Waals surface area contributed by atoms with Crippen molar-refractivity contribution in [3.63, 3.8) is 0 Å². The van der Waals surface area contributed by atoms with Gasteiger partial charge in [-0.2, -0.15) is 5.26 Å². The third kappa shape index (κ3) is 4.26. The van der Waals surface area contributed by atoms with Crippen LogP contribution in [0.25, 0.3) is 0 Å². The normalized spacial score (nSPS) is 10.9. The summed E-state index contributed by atoms with van der Waals surface area (Å²) >= 11 is 0. The Morgan fingerprint density at radius 2 is 2.06 bits per heavy atom. The van der Waals surface area contributed by atoms with Gasteiger partial charge >= 0.3 is 0 Å². The highest BCUT2D eigenvalue weighted by atomic mass is 15.0. The van der Waals surface area contributed by atoms with E-state index in [1.807, 2.05) is 6.07 Å². The van der Waals surface area contributed by atoms with Crippen molar-refractivity contribution in [3.8, 4) is 6.07 Å². The molecule has 0 spiro atoms. The number of nitrogens with zero attached hydrogens (tertiary/aromatic N) is 3. The van der Waals surface area contributed by atoms with Crippen LogP contribution in [0.1, 0.15) is 38.7 Å². The maximum Gasteiger partial charge on any atom is 0.146 e. The third-order valence-electron chi connectivity index (χ3n) is 2.13. The van der Waals surface area contributed by atoms with Crippen molar-refractivity contribution in [2.45, 2.75) is 34.1 Å². The molecule has 0 saturated carbocycles. The van der Waals surface area contributed by atoms with Gasteiger partial charge in [0.1, 0.15) is 23.4 Å². The zero-order chi connectivity index (χ0) is 12.2. The molecule has 1 aromatic heterocycles. The SMILES string of the molecule is Cc1nc(C#N)cc(NCCC(C)(C)C)n1. The van der Waals surface area contributed by atoms with Crippen LogP contribution in [-0.4, -0.2) is 16.5 Å².